The number of allylic oxidation sites excluding steroid dienone is 1. The van der Waals surface area contributed by atoms with Crippen molar-refractivity contribution in [2.24, 2.45) is 21.6 Å². The van der Waals surface area contributed by atoms with Crippen molar-refractivity contribution >= 4 is 24.3 Å². The first-order valence-electron chi connectivity index (χ1n) is 7.39. The van der Waals surface area contributed by atoms with Crippen molar-refractivity contribution in [1.29, 1.82) is 0 Å². The van der Waals surface area contributed by atoms with Crippen LogP contribution in [0.1, 0.15) is 18.1 Å². The Labute approximate surface area is 159 Å². The summed E-state index contributed by atoms with van der Waals surface area (Å²) in [6.45, 7) is 3.94. The number of aliphatic imine (C=N–C) groups is 2. The Morgan fingerprint density at radius 2 is 2.11 bits per heavy atom. The van der Waals surface area contributed by atoms with E-state index in [2.05, 4.69) is 16.7 Å². The number of hydrazine groups is 1. The molecule has 0 saturated heterocycles. The van der Waals surface area contributed by atoms with Gasteiger partial charge in [-0.15, -0.1) is 0 Å². The molecule has 0 atom stereocenters. The van der Waals surface area contributed by atoms with Crippen molar-refractivity contribution in [3.05, 3.63) is 58.2 Å². The Morgan fingerprint density at radius 3 is 2.67 bits per heavy atom. The molecule has 0 saturated carbocycles. The van der Waals surface area contributed by atoms with Crippen molar-refractivity contribution in [3.63, 3.8) is 0 Å². The molecule has 7 nitrogen and oxygen atoms in total. The first-order valence-corrected chi connectivity index (χ1v) is 7.77. The SMILES string of the molecule is C=NC(=N/C=C(\C)OCc1c(Cl)cccc1C(F)(F)F)N(N)/C=C(\N)CO. The lowest BCUT2D eigenvalue weighted by Crippen LogP contribution is -2.32. The summed E-state index contributed by atoms with van der Waals surface area (Å²) in [5, 5.41) is 9.70. The number of hydrogen-bond acceptors (Lipinski definition) is 5. The zero-order valence-electron chi connectivity index (χ0n) is 14.4. The van der Waals surface area contributed by atoms with Crippen LogP contribution in [0.2, 0.25) is 5.02 Å². The van der Waals surface area contributed by atoms with Gasteiger partial charge in [0, 0.05) is 16.8 Å². The molecule has 148 valence electrons. The van der Waals surface area contributed by atoms with E-state index in [1.165, 1.54) is 31.5 Å². The van der Waals surface area contributed by atoms with E-state index in [1.807, 2.05) is 0 Å². The van der Waals surface area contributed by atoms with Crippen LogP contribution in [-0.4, -0.2) is 29.4 Å². The lowest BCUT2D eigenvalue weighted by Gasteiger charge is -2.15. The van der Waals surface area contributed by atoms with Gasteiger partial charge in [-0.3, -0.25) is 5.01 Å². The summed E-state index contributed by atoms with van der Waals surface area (Å²) in [5.41, 5.74) is 4.42. The van der Waals surface area contributed by atoms with Crippen LogP contribution in [0.25, 0.3) is 0 Å². The van der Waals surface area contributed by atoms with Gasteiger partial charge in [0.1, 0.15) is 12.4 Å². The molecule has 1 aromatic carbocycles. The number of alkyl halides is 3. The van der Waals surface area contributed by atoms with Gasteiger partial charge in [-0.25, -0.2) is 15.8 Å². The number of guanidine groups is 1. The maximum Gasteiger partial charge on any atom is 0.416 e. The van der Waals surface area contributed by atoms with E-state index in [0.717, 1.165) is 11.1 Å². The number of aliphatic hydroxyl groups excluding tert-OH is 1. The molecule has 27 heavy (non-hydrogen) atoms. The zero-order valence-corrected chi connectivity index (χ0v) is 15.1. The minimum Gasteiger partial charge on any atom is -0.492 e. The Balaban J connectivity index is 2.94. The Hall–Kier alpha value is -2.56. The molecule has 0 aliphatic heterocycles. The molecule has 0 fully saturated rings. The summed E-state index contributed by atoms with van der Waals surface area (Å²) in [7, 11) is 0. The van der Waals surface area contributed by atoms with Crippen LogP contribution in [0.15, 0.2) is 52.0 Å². The van der Waals surface area contributed by atoms with Gasteiger partial charge in [0.05, 0.1) is 24.1 Å². The maximum atomic E-state index is 13.1. The fraction of sp³-hybridized carbons (Fsp3) is 0.250. The number of rotatable bonds is 6. The molecule has 0 bridgehead atoms. The molecule has 1 aromatic rings. The van der Waals surface area contributed by atoms with Gasteiger partial charge < -0.3 is 15.6 Å². The summed E-state index contributed by atoms with van der Waals surface area (Å²) >= 11 is 5.86. The third-order valence-corrected chi connectivity index (χ3v) is 3.44. The van der Waals surface area contributed by atoms with Crippen LogP contribution in [0.3, 0.4) is 0 Å². The number of nitrogens with two attached hydrogens (primary N) is 2. The number of ether oxygens (including phenoxy) is 1. The fourth-order valence-electron chi connectivity index (χ4n) is 1.81. The lowest BCUT2D eigenvalue weighted by molar-refractivity contribution is -0.138. The topological polar surface area (TPSA) is 109 Å². The smallest absolute Gasteiger partial charge is 0.416 e. The van der Waals surface area contributed by atoms with Crippen LogP contribution >= 0.6 is 11.6 Å². The number of nitrogens with zero attached hydrogens (tertiary/aromatic N) is 3. The van der Waals surface area contributed by atoms with Crippen molar-refractivity contribution in [2.45, 2.75) is 19.7 Å². The minimum atomic E-state index is -4.56. The van der Waals surface area contributed by atoms with Gasteiger partial charge >= 0.3 is 6.18 Å². The summed E-state index contributed by atoms with van der Waals surface area (Å²) < 4.78 is 44.4. The summed E-state index contributed by atoms with van der Waals surface area (Å²) in [6, 6.07) is 3.48. The van der Waals surface area contributed by atoms with Gasteiger partial charge in [0.15, 0.2) is 0 Å². The second kappa shape index (κ2) is 9.95. The fourth-order valence-corrected chi connectivity index (χ4v) is 2.04. The summed E-state index contributed by atoms with van der Waals surface area (Å²) in [5.74, 6) is 5.73. The second-order valence-electron chi connectivity index (χ2n) is 5.15. The number of hydrogen-bond donors (Lipinski definition) is 3. The molecular weight excluding hydrogens is 387 g/mol. The second-order valence-corrected chi connectivity index (χ2v) is 5.56. The van der Waals surface area contributed by atoms with Crippen LogP contribution in [0.5, 0.6) is 0 Å². The van der Waals surface area contributed by atoms with Crippen molar-refractivity contribution in [2.75, 3.05) is 6.61 Å². The summed E-state index contributed by atoms with van der Waals surface area (Å²) in [6.07, 6.45) is -2.19. The van der Waals surface area contributed by atoms with Crippen LogP contribution in [0.4, 0.5) is 13.2 Å². The van der Waals surface area contributed by atoms with Gasteiger partial charge in [-0.05, 0) is 25.8 Å². The van der Waals surface area contributed by atoms with Crippen molar-refractivity contribution < 1.29 is 23.0 Å². The highest BCUT2D eigenvalue weighted by atomic mass is 35.5. The predicted molar refractivity (Wildman–Crippen MR) is 97.4 cm³/mol. The first kappa shape index (κ1) is 22.5. The van der Waals surface area contributed by atoms with E-state index in [0.29, 0.717) is 0 Å². The normalized spacial score (nSPS) is 13.5. The molecule has 0 radical (unpaired) electrons. The van der Waals surface area contributed by atoms with E-state index in [1.54, 1.807) is 0 Å². The zero-order chi connectivity index (χ0) is 20.6. The minimum absolute atomic E-state index is 0.0594. The molecule has 5 N–H and O–H groups in total. The first-order chi connectivity index (χ1) is 12.6. The van der Waals surface area contributed by atoms with E-state index >= 15 is 0 Å². The summed E-state index contributed by atoms with van der Waals surface area (Å²) in [4.78, 5) is 7.47. The van der Waals surface area contributed by atoms with Gasteiger partial charge in [0.25, 0.3) is 0 Å². The molecular formula is C16H19ClF3N5O2. The monoisotopic (exact) mass is 405 g/mol. The molecule has 0 aliphatic carbocycles. The highest BCUT2D eigenvalue weighted by molar-refractivity contribution is 6.31. The molecule has 11 heteroatoms. The molecule has 0 aromatic heterocycles. The highest BCUT2D eigenvalue weighted by Crippen LogP contribution is 2.35. The van der Waals surface area contributed by atoms with Crippen LogP contribution in [-0.2, 0) is 17.5 Å². The molecule has 0 heterocycles. The number of benzene rings is 1. The maximum absolute atomic E-state index is 13.1. The van der Waals surface area contributed by atoms with Crippen LogP contribution in [0, 0.1) is 0 Å². The van der Waals surface area contributed by atoms with Gasteiger partial charge in [-0.1, -0.05) is 17.7 Å². The van der Waals surface area contributed by atoms with Gasteiger partial charge in [0.2, 0.25) is 5.96 Å². The number of aliphatic hydroxyl groups is 1. The number of halogens is 4. The Morgan fingerprint density at radius 1 is 1.44 bits per heavy atom. The largest absolute Gasteiger partial charge is 0.492 e. The van der Waals surface area contributed by atoms with Gasteiger partial charge in [-0.2, -0.15) is 13.2 Å². The van der Waals surface area contributed by atoms with Crippen LogP contribution < -0.4 is 11.6 Å². The van der Waals surface area contributed by atoms with Crippen molar-refractivity contribution in [3.8, 4) is 0 Å². The average molecular weight is 406 g/mol. The van der Waals surface area contributed by atoms with E-state index < -0.39 is 25.0 Å². The Kier molecular flexibility index (Phi) is 8.29. The standard InChI is InChI=1S/C16H19ClF3N5O2/c1-10(6-24-15(23-2)25(22)7-11(21)8-26)27-9-12-13(16(18,19)20)4-3-5-14(12)17/h3-7,26H,2,8-9,21-22H2,1H3/b10-6+,11-7-,24-15?. The third kappa shape index (κ3) is 6.93. The van der Waals surface area contributed by atoms with Crippen molar-refractivity contribution in [1.82, 2.24) is 5.01 Å². The lowest BCUT2D eigenvalue weighted by atomic mass is 10.1. The van der Waals surface area contributed by atoms with E-state index in [4.69, 9.17) is 33.0 Å². The quantitative estimate of drug-likeness (QED) is 0.222. The molecule has 0 amide bonds. The molecule has 0 spiro atoms. The highest BCUT2D eigenvalue weighted by Gasteiger charge is 2.34. The van der Waals surface area contributed by atoms with E-state index in [9.17, 15) is 13.2 Å². The predicted octanol–water partition coefficient (Wildman–Crippen LogP) is 2.76. The van der Waals surface area contributed by atoms with E-state index in [-0.39, 0.29) is 28.0 Å². The molecule has 0 unspecified atom stereocenters. The molecule has 0 aliphatic rings. The third-order valence-electron chi connectivity index (χ3n) is 3.09. The average Bonchev–Trinajstić information content (AvgIpc) is 2.59. The molecule has 1 rings (SSSR count). The Bertz CT molecular complexity index is 763.